The van der Waals surface area contributed by atoms with E-state index in [2.05, 4.69) is 11.0 Å². The second-order valence-corrected chi connectivity index (χ2v) is 6.57. The molecule has 0 fully saturated rings. The standard InChI is InChI=1S/C21H19N3O3/c1-13-8-16-17(23(2)21(13)25)10-15(26-3)11-18(16)24-6-7-27-20-5-4-14(12-22)9-19(20)24/h4-5,8-11H,6-7H2,1-3H3. The van der Waals surface area contributed by atoms with Crippen LogP contribution in [0.4, 0.5) is 11.4 Å². The van der Waals surface area contributed by atoms with Crippen LogP contribution in [-0.4, -0.2) is 24.8 Å². The molecule has 6 nitrogen and oxygen atoms in total. The third kappa shape index (κ3) is 2.68. The van der Waals surface area contributed by atoms with Gasteiger partial charge in [-0.05, 0) is 31.2 Å². The second kappa shape index (κ2) is 6.36. The fourth-order valence-corrected chi connectivity index (χ4v) is 3.55. The monoisotopic (exact) mass is 361 g/mol. The number of fused-ring (bicyclic) bond motifs is 2. The van der Waals surface area contributed by atoms with Crippen molar-refractivity contribution in [3.8, 4) is 17.6 Å². The number of rotatable bonds is 2. The van der Waals surface area contributed by atoms with Gasteiger partial charge in [-0.3, -0.25) is 4.79 Å². The predicted octanol–water partition coefficient (Wildman–Crippen LogP) is 3.26. The summed E-state index contributed by atoms with van der Waals surface area (Å²) in [5.74, 6) is 1.40. The minimum absolute atomic E-state index is 0.0316. The summed E-state index contributed by atoms with van der Waals surface area (Å²) in [5, 5.41) is 10.2. The average Bonchev–Trinajstić information content (AvgIpc) is 2.70. The topological polar surface area (TPSA) is 67.5 Å². The summed E-state index contributed by atoms with van der Waals surface area (Å²) in [7, 11) is 3.38. The van der Waals surface area contributed by atoms with Crippen LogP contribution in [0.5, 0.6) is 11.5 Å². The van der Waals surface area contributed by atoms with Gasteiger partial charge in [-0.25, -0.2) is 0 Å². The molecule has 0 saturated carbocycles. The molecule has 0 unspecified atom stereocenters. The molecule has 1 aliphatic heterocycles. The number of benzene rings is 2. The maximum Gasteiger partial charge on any atom is 0.253 e. The highest BCUT2D eigenvalue weighted by Crippen LogP contribution is 2.41. The zero-order valence-electron chi connectivity index (χ0n) is 15.4. The van der Waals surface area contributed by atoms with Crippen LogP contribution >= 0.6 is 0 Å². The van der Waals surface area contributed by atoms with E-state index in [1.807, 2.05) is 37.3 Å². The van der Waals surface area contributed by atoms with Gasteiger partial charge < -0.3 is 18.9 Å². The smallest absolute Gasteiger partial charge is 0.253 e. The quantitative estimate of drug-likeness (QED) is 0.701. The van der Waals surface area contributed by atoms with E-state index >= 15 is 0 Å². The number of nitriles is 1. The average molecular weight is 361 g/mol. The molecule has 0 bridgehead atoms. The lowest BCUT2D eigenvalue weighted by Gasteiger charge is -2.32. The van der Waals surface area contributed by atoms with E-state index in [9.17, 15) is 10.1 Å². The molecule has 0 N–H and O–H groups in total. The normalized spacial score (nSPS) is 13.0. The maximum absolute atomic E-state index is 12.4. The summed E-state index contributed by atoms with van der Waals surface area (Å²) >= 11 is 0. The van der Waals surface area contributed by atoms with Gasteiger partial charge in [-0.2, -0.15) is 5.26 Å². The highest BCUT2D eigenvalue weighted by Gasteiger charge is 2.23. The molecule has 0 spiro atoms. The largest absolute Gasteiger partial charge is 0.497 e. The van der Waals surface area contributed by atoms with Crippen molar-refractivity contribution in [3.63, 3.8) is 0 Å². The van der Waals surface area contributed by atoms with Gasteiger partial charge in [0.1, 0.15) is 18.1 Å². The molecule has 0 amide bonds. The lowest BCUT2D eigenvalue weighted by atomic mass is 10.1. The number of aryl methyl sites for hydroxylation is 2. The predicted molar refractivity (Wildman–Crippen MR) is 104 cm³/mol. The molecule has 1 aromatic heterocycles. The van der Waals surface area contributed by atoms with Crippen LogP contribution in [0.15, 0.2) is 41.2 Å². The number of anilines is 2. The Morgan fingerprint density at radius 3 is 2.74 bits per heavy atom. The van der Waals surface area contributed by atoms with Gasteiger partial charge in [0.15, 0.2) is 0 Å². The number of ether oxygens (including phenoxy) is 2. The first-order valence-electron chi connectivity index (χ1n) is 8.66. The van der Waals surface area contributed by atoms with Crippen LogP contribution in [0.25, 0.3) is 10.9 Å². The summed E-state index contributed by atoms with van der Waals surface area (Å²) in [6, 6.07) is 13.3. The Hall–Kier alpha value is -3.46. The van der Waals surface area contributed by atoms with Crippen molar-refractivity contribution in [1.29, 1.82) is 5.26 Å². The van der Waals surface area contributed by atoms with Crippen molar-refractivity contribution in [2.75, 3.05) is 25.2 Å². The molecule has 3 aromatic rings. The molecule has 2 heterocycles. The highest BCUT2D eigenvalue weighted by molar-refractivity contribution is 5.96. The molecule has 0 saturated heterocycles. The SMILES string of the molecule is COc1cc(N2CCOc3ccc(C#N)cc32)c2cc(C)c(=O)n(C)c2c1. The molecule has 0 radical (unpaired) electrons. The Kier molecular flexibility index (Phi) is 4.00. The Balaban J connectivity index is 2.03. The molecule has 136 valence electrons. The zero-order chi connectivity index (χ0) is 19.1. The zero-order valence-corrected chi connectivity index (χ0v) is 15.4. The van der Waals surface area contributed by atoms with Gasteiger partial charge in [0, 0.05) is 30.1 Å². The molecule has 4 rings (SSSR count). The summed E-state index contributed by atoms with van der Waals surface area (Å²) in [5.41, 5.74) is 3.76. The Morgan fingerprint density at radius 2 is 2.00 bits per heavy atom. The van der Waals surface area contributed by atoms with Crippen molar-refractivity contribution in [1.82, 2.24) is 4.57 Å². The molecule has 0 aliphatic carbocycles. The van der Waals surface area contributed by atoms with Crippen LogP contribution in [0, 0.1) is 18.3 Å². The van der Waals surface area contributed by atoms with Gasteiger partial charge in [0.25, 0.3) is 5.56 Å². The molecule has 2 aromatic carbocycles. The van der Waals surface area contributed by atoms with Crippen LogP contribution in [-0.2, 0) is 7.05 Å². The summed E-state index contributed by atoms with van der Waals surface area (Å²) in [6.45, 7) is 2.98. The minimum Gasteiger partial charge on any atom is -0.497 e. The summed E-state index contributed by atoms with van der Waals surface area (Å²) in [4.78, 5) is 14.5. The van der Waals surface area contributed by atoms with Crippen LogP contribution in [0.2, 0.25) is 0 Å². The molecule has 0 atom stereocenters. The lowest BCUT2D eigenvalue weighted by molar-refractivity contribution is 0.314. The van der Waals surface area contributed by atoms with Crippen LogP contribution in [0.3, 0.4) is 0 Å². The van der Waals surface area contributed by atoms with E-state index in [1.165, 1.54) is 0 Å². The van der Waals surface area contributed by atoms with Gasteiger partial charge in [-0.1, -0.05) is 0 Å². The maximum atomic E-state index is 12.4. The van der Waals surface area contributed by atoms with Gasteiger partial charge >= 0.3 is 0 Å². The van der Waals surface area contributed by atoms with Crippen molar-refractivity contribution in [2.24, 2.45) is 7.05 Å². The number of methoxy groups -OCH3 is 1. The first-order chi connectivity index (χ1) is 13.0. The fourth-order valence-electron chi connectivity index (χ4n) is 3.55. The van der Waals surface area contributed by atoms with E-state index in [0.29, 0.717) is 30.0 Å². The third-order valence-electron chi connectivity index (χ3n) is 4.95. The Bertz CT molecular complexity index is 1160. The number of hydrogen-bond donors (Lipinski definition) is 0. The Morgan fingerprint density at radius 1 is 1.19 bits per heavy atom. The molecular weight excluding hydrogens is 342 g/mol. The fraction of sp³-hybridized carbons (Fsp3) is 0.238. The molecule has 27 heavy (non-hydrogen) atoms. The van der Waals surface area contributed by atoms with E-state index < -0.39 is 0 Å². The number of hydrogen-bond acceptors (Lipinski definition) is 5. The van der Waals surface area contributed by atoms with Crippen molar-refractivity contribution < 1.29 is 9.47 Å². The number of aromatic nitrogens is 1. The van der Waals surface area contributed by atoms with E-state index in [-0.39, 0.29) is 5.56 Å². The molecule has 6 heteroatoms. The van der Waals surface area contributed by atoms with E-state index in [4.69, 9.17) is 9.47 Å². The Labute approximate surface area is 156 Å². The van der Waals surface area contributed by atoms with Gasteiger partial charge in [0.05, 0.1) is 42.2 Å². The van der Waals surface area contributed by atoms with Gasteiger partial charge in [0.2, 0.25) is 0 Å². The van der Waals surface area contributed by atoms with Crippen molar-refractivity contribution in [3.05, 3.63) is 57.9 Å². The van der Waals surface area contributed by atoms with E-state index in [0.717, 1.165) is 28.0 Å². The van der Waals surface area contributed by atoms with Gasteiger partial charge in [-0.15, -0.1) is 0 Å². The third-order valence-corrected chi connectivity index (χ3v) is 4.95. The lowest BCUT2D eigenvalue weighted by Crippen LogP contribution is -2.29. The first kappa shape index (κ1) is 17.0. The van der Waals surface area contributed by atoms with Crippen LogP contribution < -0.4 is 19.9 Å². The van der Waals surface area contributed by atoms with Crippen molar-refractivity contribution >= 4 is 22.3 Å². The summed E-state index contributed by atoms with van der Waals surface area (Å²) < 4.78 is 12.9. The molecular formula is C21H19N3O3. The number of pyridine rings is 1. The highest BCUT2D eigenvalue weighted by atomic mass is 16.5. The number of nitrogens with zero attached hydrogens (tertiary/aromatic N) is 3. The minimum atomic E-state index is -0.0316. The second-order valence-electron chi connectivity index (χ2n) is 6.57. The summed E-state index contributed by atoms with van der Waals surface area (Å²) in [6.07, 6.45) is 0. The van der Waals surface area contributed by atoms with E-state index in [1.54, 1.807) is 24.8 Å². The molecule has 1 aliphatic rings. The van der Waals surface area contributed by atoms with Crippen molar-refractivity contribution in [2.45, 2.75) is 6.92 Å². The first-order valence-corrected chi connectivity index (χ1v) is 8.66. The van der Waals surface area contributed by atoms with Crippen LogP contribution in [0.1, 0.15) is 11.1 Å².